The van der Waals surface area contributed by atoms with Gasteiger partial charge in [-0.2, -0.15) is 0 Å². The minimum absolute atomic E-state index is 0.00386. The summed E-state index contributed by atoms with van der Waals surface area (Å²) in [5.74, 6) is 5.17. The maximum absolute atomic E-state index is 12.3. The quantitative estimate of drug-likeness (QED) is 0.599. The van der Waals surface area contributed by atoms with Gasteiger partial charge in [0, 0.05) is 26.3 Å². The van der Waals surface area contributed by atoms with Gasteiger partial charge in [0.25, 0.3) is 0 Å². The Kier molecular flexibility index (Phi) is 7.18. The number of hydrogen-bond acceptors (Lipinski definition) is 3. The molecule has 0 bridgehead atoms. The van der Waals surface area contributed by atoms with E-state index in [2.05, 4.69) is 11.8 Å². The van der Waals surface area contributed by atoms with Crippen LogP contribution in [0.15, 0.2) is 30.3 Å². The Balaban J connectivity index is 2.78. The standard InChI is InChI=1S/C18H23NO3/c1-5-6-10-14(2)18(21)19(4)13-17(22-15(3)20)16-11-8-7-9-12-16/h7-9,11-12,14,17H,10,13H2,1-4H3/t14-,17-/m0/s1. The first-order valence-corrected chi connectivity index (χ1v) is 7.32. The molecule has 0 unspecified atom stereocenters. The number of likely N-dealkylation sites (N-methyl/N-ethyl adjacent to an activating group) is 1. The van der Waals surface area contributed by atoms with Crippen LogP contribution in [-0.2, 0) is 14.3 Å². The van der Waals surface area contributed by atoms with Gasteiger partial charge in [-0.3, -0.25) is 9.59 Å². The van der Waals surface area contributed by atoms with Crippen LogP contribution in [0.2, 0.25) is 0 Å². The molecule has 22 heavy (non-hydrogen) atoms. The molecule has 2 atom stereocenters. The van der Waals surface area contributed by atoms with Crippen molar-refractivity contribution >= 4 is 11.9 Å². The van der Waals surface area contributed by atoms with E-state index in [1.54, 1.807) is 18.9 Å². The molecule has 4 heteroatoms. The van der Waals surface area contributed by atoms with Crippen LogP contribution in [0.25, 0.3) is 0 Å². The molecule has 118 valence electrons. The summed E-state index contributed by atoms with van der Waals surface area (Å²) in [5, 5.41) is 0. The molecular weight excluding hydrogens is 278 g/mol. The molecule has 1 aromatic carbocycles. The molecule has 0 aromatic heterocycles. The van der Waals surface area contributed by atoms with E-state index >= 15 is 0 Å². The van der Waals surface area contributed by atoms with Crippen molar-refractivity contribution in [3.8, 4) is 11.8 Å². The lowest BCUT2D eigenvalue weighted by atomic mass is 10.1. The molecule has 0 saturated carbocycles. The molecule has 0 saturated heterocycles. The Labute approximate surface area is 132 Å². The second kappa shape index (κ2) is 8.89. The van der Waals surface area contributed by atoms with Gasteiger partial charge in [0.15, 0.2) is 0 Å². The van der Waals surface area contributed by atoms with Gasteiger partial charge in [-0.05, 0) is 12.5 Å². The molecule has 0 spiro atoms. The lowest BCUT2D eigenvalue weighted by molar-refractivity contribution is -0.150. The van der Waals surface area contributed by atoms with Crippen LogP contribution >= 0.6 is 0 Å². The summed E-state index contributed by atoms with van der Waals surface area (Å²) < 4.78 is 5.36. The molecule has 0 aliphatic carbocycles. The van der Waals surface area contributed by atoms with Crippen LogP contribution in [0.1, 0.15) is 38.9 Å². The summed E-state index contributed by atoms with van der Waals surface area (Å²) in [6.45, 7) is 5.31. The lowest BCUT2D eigenvalue weighted by Crippen LogP contribution is -2.35. The molecule has 1 aromatic rings. The van der Waals surface area contributed by atoms with Gasteiger partial charge in [-0.1, -0.05) is 37.3 Å². The first-order valence-electron chi connectivity index (χ1n) is 7.32. The fourth-order valence-corrected chi connectivity index (χ4v) is 2.14. The Hall–Kier alpha value is -2.28. The highest BCUT2D eigenvalue weighted by molar-refractivity contribution is 5.78. The average molecular weight is 301 g/mol. The van der Waals surface area contributed by atoms with E-state index in [-0.39, 0.29) is 17.8 Å². The van der Waals surface area contributed by atoms with Gasteiger partial charge in [-0.25, -0.2) is 0 Å². The molecule has 0 N–H and O–H groups in total. The number of rotatable bonds is 6. The van der Waals surface area contributed by atoms with Gasteiger partial charge in [0.1, 0.15) is 6.10 Å². The number of benzene rings is 1. The zero-order valence-electron chi connectivity index (χ0n) is 13.6. The molecular formula is C18H23NO3. The van der Waals surface area contributed by atoms with E-state index in [4.69, 9.17) is 4.74 Å². The van der Waals surface area contributed by atoms with Gasteiger partial charge in [0.2, 0.25) is 5.91 Å². The number of ether oxygens (including phenoxy) is 1. The number of carbonyl (C=O) groups excluding carboxylic acids is 2. The number of nitrogens with zero attached hydrogens (tertiary/aromatic N) is 1. The zero-order valence-corrected chi connectivity index (χ0v) is 13.6. The van der Waals surface area contributed by atoms with Crippen molar-refractivity contribution in [3.63, 3.8) is 0 Å². The number of hydrogen-bond donors (Lipinski definition) is 0. The fourth-order valence-electron chi connectivity index (χ4n) is 2.14. The van der Waals surface area contributed by atoms with E-state index in [1.165, 1.54) is 6.92 Å². The maximum atomic E-state index is 12.3. The smallest absolute Gasteiger partial charge is 0.303 e. The van der Waals surface area contributed by atoms with Crippen molar-refractivity contribution < 1.29 is 14.3 Å². The van der Waals surface area contributed by atoms with Crippen molar-refractivity contribution in [2.75, 3.05) is 13.6 Å². The third-order valence-corrected chi connectivity index (χ3v) is 3.30. The number of esters is 1. The van der Waals surface area contributed by atoms with Gasteiger partial charge in [0.05, 0.1) is 6.54 Å². The molecule has 0 radical (unpaired) electrons. The van der Waals surface area contributed by atoms with E-state index < -0.39 is 6.10 Å². The Morgan fingerprint density at radius 3 is 2.45 bits per heavy atom. The third kappa shape index (κ3) is 5.61. The molecule has 0 heterocycles. The molecule has 0 aliphatic rings. The maximum Gasteiger partial charge on any atom is 0.303 e. The minimum Gasteiger partial charge on any atom is -0.456 e. The highest BCUT2D eigenvalue weighted by Crippen LogP contribution is 2.19. The molecule has 0 fully saturated rings. The lowest BCUT2D eigenvalue weighted by Gasteiger charge is -2.26. The van der Waals surface area contributed by atoms with Crippen LogP contribution in [0.4, 0.5) is 0 Å². The summed E-state index contributed by atoms with van der Waals surface area (Å²) >= 11 is 0. The average Bonchev–Trinajstić information content (AvgIpc) is 2.51. The van der Waals surface area contributed by atoms with Gasteiger partial charge >= 0.3 is 5.97 Å². The van der Waals surface area contributed by atoms with Crippen LogP contribution in [0, 0.1) is 17.8 Å². The minimum atomic E-state index is -0.461. The number of amides is 1. The molecule has 4 nitrogen and oxygen atoms in total. The Morgan fingerprint density at radius 1 is 1.27 bits per heavy atom. The van der Waals surface area contributed by atoms with Crippen molar-refractivity contribution in [2.24, 2.45) is 5.92 Å². The van der Waals surface area contributed by atoms with Crippen LogP contribution in [-0.4, -0.2) is 30.4 Å². The highest BCUT2D eigenvalue weighted by atomic mass is 16.5. The summed E-state index contributed by atoms with van der Waals surface area (Å²) in [7, 11) is 1.72. The Morgan fingerprint density at radius 2 is 1.91 bits per heavy atom. The Bertz CT molecular complexity index is 557. The predicted octanol–water partition coefficient (Wildman–Crippen LogP) is 2.80. The summed E-state index contributed by atoms with van der Waals surface area (Å²) in [4.78, 5) is 25.2. The van der Waals surface area contributed by atoms with E-state index in [0.717, 1.165) is 5.56 Å². The van der Waals surface area contributed by atoms with E-state index in [1.807, 2.05) is 37.3 Å². The third-order valence-electron chi connectivity index (χ3n) is 3.30. The SMILES string of the molecule is CC#CC[C@H](C)C(=O)N(C)C[C@H](OC(C)=O)c1ccccc1. The van der Waals surface area contributed by atoms with Crippen molar-refractivity contribution in [2.45, 2.75) is 33.3 Å². The molecule has 0 aliphatic heterocycles. The monoisotopic (exact) mass is 301 g/mol. The second-order valence-corrected chi connectivity index (χ2v) is 5.26. The first kappa shape index (κ1) is 17.8. The largest absolute Gasteiger partial charge is 0.456 e. The summed E-state index contributed by atoms with van der Waals surface area (Å²) in [5.41, 5.74) is 0.873. The van der Waals surface area contributed by atoms with Crippen LogP contribution < -0.4 is 0 Å². The van der Waals surface area contributed by atoms with Crippen molar-refractivity contribution in [3.05, 3.63) is 35.9 Å². The zero-order chi connectivity index (χ0) is 16.5. The second-order valence-electron chi connectivity index (χ2n) is 5.26. The topological polar surface area (TPSA) is 46.6 Å². The van der Waals surface area contributed by atoms with Gasteiger partial charge in [-0.15, -0.1) is 11.8 Å². The molecule has 1 amide bonds. The number of carbonyl (C=O) groups is 2. The summed E-state index contributed by atoms with van der Waals surface area (Å²) in [6.07, 6.45) is 0.0700. The van der Waals surface area contributed by atoms with E-state index in [9.17, 15) is 9.59 Å². The van der Waals surface area contributed by atoms with E-state index in [0.29, 0.717) is 13.0 Å². The molecule has 1 rings (SSSR count). The van der Waals surface area contributed by atoms with Gasteiger partial charge < -0.3 is 9.64 Å². The van der Waals surface area contributed by atoms with Crippen LogP contribution in [0.3, 0.4) is 0 Å². The van der Waals surface area contributed by atoms with Crippen LogP contribution in [0.5, 0.6) is 0 Å². The highest BCUT2D eigenvalue weighted by Gasteiger charge is 2.22. The normalized spacial score (nSPS) is 12.5. The fraction of sp³-hybridized carbons (Fsp3) is 0.444. The van der Waals surface area contributed by atoms with Crippen molar-refractivity contribution in [1.82, 2.24) is 4.90 Å². The predicted molar refractivity (Wildman–Crippen MR) is 85.8 cm³/mol. The first-order chi connectivity index (χ1) is 10.5. The van der Waals surface area contributed by atoms with Crippen molar-refractivity contribution in [1.29, 1.82) is 0 Å². The summed E-state index contributed by atoms with van der Waals surface area (Å²) in [6, 6.07) is 9.44.